The fourth-order valence-corrected chi connectivity index (χ4v) is 0.509. The van der Waals surface area contributed by atoms with Gasteiger partial charge in [0.1, 0.15) is 0 Å². The van der Waals surface area contributed by atoms with Crippen LogP contribution in [0.15, 0.2) is 12.2 Å². The Labute approximate surface area is 64.7 Å². The summed E-state index contributed by atoms with van der Waals surface area (Å²) in [7, 11) is 0. The van der Waals surface area contributed by atoms with E-state index in [0.717, 1.165) is 0 Å². The average molecular weight is 160 g/mol. The maximum Gasteiger partial charge on any atom is 0.287 e. The highest BCUT2D eigenvalue weighted by molar-refractivity contribution is 5.03. The van der Waals surface area contributed by atoms with Gasteiger partial charge in [0.15, 0.2) is 6.10 Å². The first kappa shape index (κ1) is 10.1. The van der Waals surface area contributed by atoms with Crippen LogP contribution in [0, 0.1) is 12.3 Å². The lowest BCUT2D eigenvalue weighted by atomic mass is 10.1. The summed E-state index contributed by atoms with van der Waals surface area (Å²) in [5.74, 6) is -1.62. The zero-order valence-corrected chi connectivity index (χ0v) is 6.22. The van der Waals surface area contributed by atoms with Crippen LogP contribution in [-0.2, 0) is 0 Å². The third-order valence-electron chi connectivity index (χ3n) is 1.18. The number of rotatable bonds is 3. The van der Waals surface area contributed by atoms with Crippen LogP contribution in [-0.4, -0.2) is 17.1 Å². The van der Waals surface area contributed by atoms with E-state index in [1.165, 1.54) is 12.2 Å². The van der Waals surface area contributed by atoms with Crippen LogP contribution in [0.25, 0.3) is 0 Å². The fourth-order valence-electron chi connectivity index (χ4n) is 0.509. The summed E-state index contributed by atoms with van der Waals surface area (Å²) in [4.78, 5) is 0. The van der Waals surface area contributed by atoms with Crippen LogP contribution in [0.2, 0.25) is 0 Å². The first-order chi connectivity index (χ1) is 5.04. The summed E-state index contributed by atoms with van der Waals surface area (Å²) in [5, 5.41) is 8.59. The largest absolute Gasteiger partial charge is 0.374 e. The van der Waals surface area contributed by atoms with E-state index in [1.807, 2.05) is 0 Å². The number of halogens is 2. The molecule has 0 saturated carbocycles. The van der Waals surface area contributed by atoms with Gasteiger partial charge in [-0.15, -0.1) is 6.42 Å². The summed E-state index contributed by atoms with van der Waals surface area (Å²) in [6.45, 7) is 1.62. The summed E-state index contributed by atoms with van der Waals surface area (Å²) in [6, 6.07) is 0. The molecular weight excluding hydrogens is 150 g/mol. The molecule has 0 amide bonds. The molecule has 1 nitrogen and oxygen atoms in total. The van der Waals surface area contributed by atoms with Gasteiger partial charge in [-0.2, -0.15) is 0 Å². The molecule has 62 valence electrons. The molecule has 0 aliphatic rings. The maximum atomic E-state index is 12.6. The second-order valence-electron chi connectivity index (χ2n) is 2.10. The average Bonchev–Trinajstić information content (AvgIpc) is 1.99. The number of aliphatic hydroxyl groups is 1. The molecule has 0 aromatic heterocycles. The van der Waals surface area contributed by atoms with Crippen molar-refractivity contribution in [3.05, 3.63) is 12.2 Å². The maximum absolute atomic E-state index is 12.6. The van der Waals surface area contributed by atoms with Gasteiger partial charge < -0.3 is 5.11 Å². The Morgan fingerprint density at radius 1 is 1.73 bits per heavy atom. The fraction of sp³-hybridized carbons (Fsp3) is 0.500. The minimum atomic E-state index is -3.21. The molecule has 0 aromatic carbocycles. The Balaban J connectivity index is 4.11. The van der Waals surface area contributed by atoms with Crippen LogP contribution in [0.1, 0.15) is 13.3 Å². The molecule has 1 N–H and O–H groups in total. The van der Waals surface area contributed by atoms with Gasteiger partial charge in [-0.05, 0) is 6.92 Å². The summed E-state index contributed by atoms with van der Waals surface area (Å²) < 4.78 is 25.1. The van der Waals surface area contributed by atoms with Gasteiger partial charge in [0.2, 0.25) is 0 Å². The third-order valence-corrected chi connectivity index (χ3v) is 1.18. The van der Waals surface area contributed by atoms with Crippen molar-refractivity contribution in [2.75, 3.05) is 0 Å². The Morgan fingerprint density at radius 3 is 2.64 bits per heavy atom. The van der Waals surface area contributed by atoms with E-state index in [2.05, 4.69) is 6.42 Å². The van der Waals surface area contributed by atoms with Crippen LogP contribution < -0.4 is 0 Å². The molecule has 3 heteroatoms. The molecule has 0 spiro atoms. The quantitative estimate of drug-likeness (QED) is 0.491. The minimum absolute atomic E-state index is 0.519. The molecule has 0 saturated heterocycles. The second-order valence-corrected chi connectivity index (χ2v) is 2.10. The van der Waals surface area contributed by atoms with Gasteiger partial charge >= 0.3 is 0 Å². The lowest BCUT2D eigenvalue weighted by Crippen LogP contribution is -2.31. The number of terminal acetylenes is 1. The van der Waals surface area contributed by atoms with E-state index in [0.29, 0.717) is 0 Å². The Morgan fingerprint density at radius 2 is 2.27 bits per heavy atom. The zero-order valence-electron chi connectivity index (χ0n) is 6.22. The number of hydrogen-bond donors (Lipinski definition) is 1. The third kappa shape index (κ3) is 3.15. The Kier molecular flexibility index (Phi) is 3.77. The monoisotopic (exact) mass is 160 g/mol. The molecular formula is C8H10F2O. The summed E-state index contributed by atoms with van der Waals surface area (Å²) in [5.41, 5.74) is 0. The Bertz CT molecular complexity index is 179. The van der Waals surface area contributed by atoms with Crippen molar-refractivity contribution in [1.82, 2.24) is 0 Å². The molecule has 0 fully saturated rings. The highest BCUT2D eigenvalue weighted by Crippen LogP contribution is 2.22. The van der Waals surface area contributed by atoms with E-state index >= 15 is 0 Å². The van der Waals surface area contributed by atoms with Crippen molar-refractivity contribution in [3.63, 3.8) is 0 Å². The van der Waals surface area contributed by atoms with Crippen molar-refractivity contribution >= 4 is 0 Å². The highest BCUT2D eigenvalue weighted by Gasteiger charge is 2.35. The molecule has 11 heavy (non-hydrogen) atoms. The minimum Gasteiger partial charge on any atom is -0.374 e. The molecule has 1 unspecified atom stereocenters. The van der Waals surface area contributed by atoms with Gasteiger partial charge in [0.25, 0.3) is 5.92 Å². The summed E-state index contributed by atoms with van der Waals surface area (Å²) >= 11 is 0. The number of alkyl halides is 2. The van der Waals surface area contributed by atoms with E-state index in [4.69, 9.17) is 5.11 Å². The van der Waals surface area contributed by atoms with Gasteiger partial charge in [-0.25, -0.2) is 8.78 Å². The van der Waals surface area contributed by atoms with E-state index in [9.17, 15) is 8.78 Å². The first-order valence-corrected chi connectivity index (χ1v) is 3.17. The molecule has 0 bridgehead atoms. The van der Waals surface area contributed by atoms with Crippen molar-refractivity contribution in [3.8, 4) is 12.3 Å². The normalized spacial score (nSPS) is 14.8. The molecule has 0 radical (unpaired) electrons. The number of allylic oxidation sites excluding steroid dienone is 2. The lowest BCUT2D eigenvalue weighted by molar-refractivity contribution is -0.0789. The van der Waals surface area contributed by atoms with Crippen molar-refractivity contribution < 1.29 is 13.9 Å². The SMILES string of the molecule is C#CC(O)C(F)(F)CC=CC. The molecule has 0 aliphatic heterocycles. The van der Waals surface area contributed by atoms with E-state index < -0.39 is 18.4 Å². The van der Waals surface area contributed by atoms with Gasteiger partial charge in [0.05, 0.1) is 0 Å². The van der Waals surface area contributed by atoms with Crippen LogP contribution in [0.4, 0.5) is 8.78 Å². The molecule has 0 aliphatic carbocycles. The van der Waals surface area contributed by atoms with E-state index in [1.54, 1.807) is 12.8 Å². The smallest absolute Gasteiger partial charge is 0.287 e. The van der Waals surface area contributed by atoms with Crippen molar-refractivity contribution in [2.24, 2.45) is 0 Å². The lowest BCUT2D eigenvalue weighted by Gasteiger charge is -2.15. The molecule has 1 atom stereocenters. The topological polar surface area (TPSA) is 20.2 Å². The second kappa shape index (κ2) is 4.09. The first-order valence-electron chi connectivity index (χ1n) is 3.17. The number of hydrogen-bond acceptors (Lipinski definition) is 1. The van der Waals surface area contributed by atoms with Crippen LogP contribution >= 0.6 is 0 Å². The summed E-state index contributed by atoms with van der Waals surface area (Å²) in [6.07, 6.45) is 4.87. The predicted octanol–water partition coefficient (Wildman–Crippen LogP) is 1.58. The predicted molar refractivity (Wildman–Crippen MR) is 39.2 cm³/mol. The van der Waals surface area contributed by atoms with E-state index in [-0.39, 0.29) is 0 Å². The zero-order chi connectivity index (χ0) is 8.91. The van der Waals surface area contributed by atoms with Gasteiger partial charge in [0, 0.05) is 6.42 Å². The van der Waals surface area contributed by atoms with Crippen molar-refractivity contribution in [2.45, 2.75) is 25.4 Å². The van der Waals surface area contributed by atoms with Crippen LogP contribution in [0.5, 0.6) is 0 Å². The van der Waals surface area contributed by atoms with Crippen molar-refractivity contribution in [1.29, 1.82) is 0 Å². The number of aliphatic hydroxyl groups excluding tert-OH is 1. The molecule has 0 heterocycles. The highest BCUT2D eigenvalue weighted by atomic mass is 19.3. The molecule has 0 aromatic rings. The van der Waals surface area contributed by atoms with Gasteiger partial charge in [-0.1, -0.05) is 18.1 Å². The van der Waals surface area contributed by atoms with Crippen LogP contribution in [0.3, 0.4) is 0 Å². The Hall–Kier alpha value is -0.880. The molecule has 0 rings (SSSR count). The standard InChI is InChI=1S/C8H10F2O/c1-3-5-6-8(9,10)7(11)4-2/h2-3,5,7,11H,6H2,1H3. The van der Waals surface area contributed by atoms with Gasteiger partial charge in [-0.3, -0.25) is 0 Å².